The zero-order chi connectivity index (χ0) is 14.5. The highest BCUT2D eigenvalue weighted by molar-refractivity contribution is 9.10. The minimum atomic E-state index is -0.200. The van der Waals surface area contributed by atoms with Gasteiger partial charge in [-0.15, -0.1) is 0 Å². The van der Waals surface area contributed by atoms with E-state index in [1.807, 2.05) is 6.07 Å². The number of likely N-dealkylation sites (N-methyl/N-ethyl adjacent to an activating group) is 1. The molecule has 2 aromatic rings. The van der Waals surface area contributed by atoms with Gasteiger partial charge in [0.1, 0.15) is 5.82 Å². The number of benzene rings is 2. The predicted molar refractivity (Wildman–Crippen MR) is 85.4 cm³/mol. The van der Waals surface area contributed by atoms with E-state index in [2.05, 4.69) is 59.4 Å². The molecule has 3 heteroatoms. The summed E-state index contributed by atoms with van der Waals surface area (Å²) in [6.07, 6.45) is 0.771. The SMILES string of the molecule is CCNC(Cc1cc(F)cc(Br)c1)c1cccc(C)c1. The quantitative estimate of drug-likeness (QED) is 0.828. The van der Waals surface area contributed by atoms with Crippen molar-refractivity contribution >= 4 is 15.9 Å². The smallest absolute Gasteiger partial charge is 0.124 e. The maximum Gasteiger partial charge on any atom is 0.124 e. The number of nitrogens with one attached hydrogen (secondary N) is 1. The molecule has 0 amide bonds. The summed E-state index contributed by atoms with van der Waals surface area (Å²) in [4.78, 5) is 0. The second-order valence-corrected chi connectivity index (χ2v) is 5.92. The van der Waals surface area contributed by atoms with Gasteiger partial charge in [-0.2, -0.15) is 0 Å². The van der Waals surface area contributed by atoms with E-state index in [1.54, 1.807) is 6.07 Å². The first-order valence-electron chi connectivity index (χ1n) is 6.83. The highest BCUT2D eigenvalue weighted by Crippen LogP contribution is 2.22. The van der Waals surface area contributed by atoms with Crippen molar-refractivity contribution in [2.45, 2.75) is 26.3 Å². The molecular weight excluding hydrogens is 317 g/mol. The first-order chi connectivity index (χ1) is 9.58. The third kappa shape index (κ3) is 4.15. The van der Waals surface area contributed by atoms with Gasteiger partial charge in [0.15, 0.2) is 0 Å². The molecule has 0 fully saturated rings. The molecule has 2 aromatic carbocycles. The first kappa shape index (κ1) is 15.2. The Hall–Kier alpha value is -1.19. The lowest BCUT2D eigenvalue weighted by atomic mass is 9.97. The fraction of sp³-hybridized carbons (Fsp3) is 0.294. The molecule has 2 rings (SSSR count). The molecule has 106 valence electrons. The van der Waals surface area contributed by atoms with Crippen molar-refractivity contribution in [2.24, 2.45) is 0 Å². The largest absolute Gasteiger partial charge is 0.310 e. The zero-order valence-electron chi connectivity index (χ0n) is 11.8. The molecule has 0 bridgehead atoms. The van der Waals surface area contributed by atoms with E-state index < -0.39 is 0 Å². The molecular formula is C17H19BrFN. The maximum atomic E-state index is 13.5. The van der Waals surface area contributed by atoms with E-state index in [9.17, 15) is 4.39 Å². The van der Waals surface area contributed by atoms with Gasteiger partial charge in [-0.1, -0.05) is 52.7 Å². The van der Waals surface area contributed by atoms with Gasteiger partial charge in [0.25, 0.3) is 0 Å². The average Bonchev–Trinajstić information content (AvgIpc) is 2.37. The summed E-state index contributed by atoms with van der Waals surface area (Å²) in [5.74, 6) is -0.200. The van der Waals surface area contributed by atoms with Crippen LogP contribution in [0.4, 0.5) is 4.39 Å². The van der Waals surface area contributed by atoms with Gasteiger partial charge in [-0.25, -0.2) is 4.39 Å². The van der Waals surface area contributed by atoms with E-state index in [0.29, 0.717) is 0 Å². The van der Waals surface area contributed by atoms with Crippen molar-refractivity contribution < 1.29 is 4.39 Å². The lowest BCUT2D eigenvalue weighted by molar-refractivity contribution is 0.546. The number of hydrogen-bond acceptors (Lipinski definition) is 1. The number of hydrogen-bond donors (Lipinski definition) is 1. The third-order valence-corrected chi connectivity index (χ3v) is 3.72. The van der Waals surface area contributed by atoms with E-state index >= 15 is 0 Å². The average molecular weight is 336 g/mol. The lowest BCUT2D eigenvalue weighted by Crippen LogP contribution is -2.23. The molecule has 20 heavy (non-hydrogen) atoms. The molecule has 0 radical (unpaired) electrons. The summed E-state index contributed by atoms with van der Waals surface area (Å²) < 4.78 is 14.3. The fourth-order valence-electron chi connectivity index (χ4n) is 2.41. The van der Waals surface area contributed by atoms with Crippen LogP contribution in [0, 0.1) is 12.7 Å². The van der Waals surface area contributed by atoms with Crippen LogP contribution in [-0.4, -0.2) is 6.54 Å². The van der Waals surface area contributed by atoms with Crippen LogP contribution < -0.4 is 5.32 Å². The summed E-state index contributed by atoms with van der Waals surface area (Å²) >= 11 is 3.35. The van der Waals surface area contributed by atoms with Crippen LogP contribution >= 0.6 is 15.9 Å². The molecule has 1 nitrogen and oxygen atoms in total. The predicted octanol–water partition coefficient (Wildman–Crippen LogP) is 4.79. The van der Waals surface area contributed by atoms with E-state index in [4.69, 9.17) is 0 Å². The van der Waals surface area contributed by atoms with Crippen molar-refractivity contribution in [3.63, 3.8) is 0 Å². The van der Waals surface area contributed by atoms with Gasteiger partial charge in [0, 0.05) is 10.5 Å². The Balaban J connectivity index is 2.25. The minimum absolute atomic E-state index is 0.200. The summed E-state index contributed by atoms with van der Waals surface area (Å²) in [5.41, 5.74) is 3.47. The fourth-order valence-corrected chi connectivity index (χ4v) is 2.92. The third-order valence-electron chi connectivity index (χ3n) is 3.26. The van der Waals surface area contributed by atoms with E-state index in [0.717, 1.165) is 23.0 Å². The number of halogens is 2. The van der Waals surface area contributed by atoms with E-state index in [-0.39, 0.29) is 11.9 Å². The molecule has 0 spiro atoms. The minimum Gasteiger partial charge on any atom is -0.310 e. The van der Waals surface area contributed by atoms with Crippen molar-refractivity contribution in [2.75, 3.05) is 6.54 Å². The second-order valence-electron chi connectivity index (χ2n) is 5.01. The van der Waals surface area contributed by atoms with E-state index in [1.165, 1.54) is 17.2 Å². The normalized spacial score (nSPS) is 12.4. The highest BCUT2D eigenvalue weighted by Gasteiger charge is 2.12. The Bertz CT molecular complexity index is 563. The maximum absolute atomic E-state index is 13.5. The Labute approximate surface area is 128 Å². The lowest BCUT2D eigenvalue weighted by Gasteiger charge is -2.19. The van der Waals surface area contributed by atoms with Crippen molar-refractivity contribution in [1.29, 1.82) is 0 Å². The summed E-state index contributed by atoms with van der Waals surface area (Å²) in [5, 5.41) is 3.48. The molecule has 0 heterocycles. The van der Waals surface area contributed by atoms with Gasteiger partial charge in [0.05, 0.1) is 0 Å². The molecule has 1 N–H and O–H groups in total. The van der Waals surface area contributed by atoms with Crippen LogP contribution in [0.25, 0.3) is 0 Å². The number of aryl methyl sites for hydroxylation is 1. The van der Waals surface area contributed by atoms with Crippen LogP contribution in [-0.2, 0) is 6.42 Å². The van der Waals surface area contributed by atoms with Crippen LogP contribution in [0.5, 0.6) is 0 Å². The summed E-state index contributed by atoms with van der Waals surface area (Å²) in [6.45, 7) is 5.06. The molecule has 0 saturated carbocycles. The molecule has 0 aliphatic heterocycles. The molecule has 1 atom stereocenters. The van der Waals surface area contributed by atoms with Crippen molar-refractivity contribution in [3.05, 3.63) is 69.4 Å². The molecule has 0 aliphatic rings. The van der Waals surface area contributed by atoms with Gasteiger partial charge < -0.3 is 5.32 Å². The molecule has 0 aliphatic carbocycles. The molecule has 1 unspecified atom stereocenters. The zero-order valence-corrected chi connectivity index (χ0v) is 13.4. The topological polar surface area (TPSA) is 12.0 Å². The Morgan fingerprint density at radius 3 is 2.65 bits per heavy atom. The van der Waals surface area contributed by atoms with Gasteiger partial charge in [-0.05, 0) is 49.2 Å². The Morgan fingerprint density at radius 1 is 1.20 bits per heavy atom. The van der Waals surface area contributed by atoms with Crippen molar-refractivity contribution in [3.8, 4) is 0 Å². The van der Waals surface area contributed by atoms with Crippen LogP contribution in [0.1, 0.15) is 29.7 Å². The highest BCUT2D eigenvalue weighted by atomic mass is 79.9. The summed E-state index contributed by atoms with van der Waals surface area (Å²) in [6, 6.07) is 13.7. The Kier molecular flexibility index (Phi) is 5.32. The van der Waals surface area contributed by atoms with Gasteiger partial charge in [0.2, 0.25) is 0 Å². The van der Waals surface area contributed by atoms with Crippen LogP contribution in [0.15, 0.2) is 46.9 Å². The standard InChI is InChI=1S/C17H19BrFN/c1-3-20-17(14-6-4-5-12(2)7-14)10-13-8-15(18)11-16(19)9-13/h4-9,11,17,20H,3,10H2,1-2H3. The molecule has 0 aromatic heterocycles. The van der Waals surface area contributed by atoms with Gasteiger partial charge in [-0.3, -0.25) is 0 Å². The van der Waals surface area contributed by atoms with Crippen LogP contribution in [0.2, 0.25) is 0 Å². The summed E-state index contributed by atoms with van der Waals surface area (Å²) in [7, 11) is 0. The molecule has 0 saturated heterocycles. The monoisotopic (exact) mass is 335 g/mol. The Morgan fingerprint density at radius 2 is 2.00 bits per heavy atom. The van der Waals surface area contributed by atoms with Crippen molar-refractivity contribution in [1.82, 2.24) is 5.32 Å². The van der Waals surface area contributed by atoms with Crippen LogP contribution in [0.3, 0.4) is 0 Å². The number of rotatable bonds is 5. The first-order valence-corrected chi connectivity index (χ1v) is 7.62. The van der Waals surface area contributed by atoms with Gasteiger partial charge >= 0.3 is 0 Å². The second kappa shape index (κ2) is 7.00.